The molecule has 2 N–H and O–H groups in total. The van der Waals surface area contributed by atoms with E-state index in [-0.39, 0.29) is 31.1 Å². The van der Waals surface area contributed by atoms with Crippen LogP contribution in [0.5, 0.6) is 0 Å². The first-order valence-electron chi connectivity index (χ1n) is 11.6. The molecule has 0 saturated heterocycles. The van der Waals surface area contributed by atoms with Crippen molar-refractivity contribution >= 4 is 52.9 Å². The molecular weight excluding hydrogens is 580 g/mol. The summed E-state index contributed by atoms with van der Waals surface area (Å²) in [5.41, 5.74) is 1.65. The molecule has 0 aliphatic carbocycles. The van der Waals surface area contributed by atoms with E-state index >= 15 is 0 Å². The van der Waals surface area contributed by atoms with Gasteiger partial charge in [-0.2, -0.15) is 0 Å². The van der Waals surface area contributed by atoms with Gasteiger partial charge in [0, 0.05) is 5.02 Å². The lowest BCUT2D eigenvalue weighted by molar-refractivity contribution is 0.594. The molecule has 4 aromatic carbocycles. The standard InChI is InChI=1S/C27H25ClN2O6S3/c1-19-7-11-22(12-8-19)38(33,34)29-26-16-15-24(37(31,32)18-21-5-3-4-6-25(21)28)17-27(26)30-39(35,36)23-13-9-20(2)10-14-23/h3-17,29-30H,18H2,1-2H3. The molecule has 0 aliphatic rings. The Morgan fingerprint density at radius 1 is 0.590 bits per heavy atom. The SMILES string of the molecule is Cc1ccc(S(=O)(=O)Nc2ccc(S(=O)(=O)Cc3ccccc3Cl)cc2NS(=O)(=O)c2ccc(C)cc2)cc1. The zero-order valence-electron chi connectivity index (χ0n) is 20.9. The predicted octanol–water partition coefficient (Wildman–Crippen LogP) is 5.53. The molecule has 0 radical (unpaired) electrons. The van der Waals surface area contributed by atoms with Crippen molar-refractivity contribution in [3.05, 3.63) is 113 Å². The third-order valence-electron chi connectivity index (χ3n) is 5.80. The number of sulfone groups is 1. The Kier molecular flexibility index (Phi) is 8.08. The topological polar surface area (TPSA) is 126 Å². The molecule has 0 saturated carbocycles. The van der Waals surface area contributed by atoms with E-state index in [4.69, 9.17) is 11.6 Å². The number of hydrogen-bond acceptors (Lipinski definition) is 6. The van der Waals surface area contributed by atoms with Gasteiger partial charge < -0.3 is 0 Å². The Bertz CT molecular complexity index is 1840. The fourth-order valence-electron chi connectivity index (χ4n) is 3.64. The number of halogens is 1. The molecule has 0 heterocycles. The van der Waals surface area contributed by atoms with Gasteiger partial charge in [0.15, 0.2) is 9.84 Å². The molecule has 0 aliphatic heterocycles. The monoisotopic (exact) mass is 604 g/mol. The number of nitrogens with one attached hydrogen (secondary N) is 2. The lowest BCUT2D eigenvalue weighted by Crippen LogP contribution is -2.18. The van der Waals surface area contributed by atoms with Crippen LogP contribution in [0, 0.1) is 13.8 Å². The maximum absolute atomic E-state index is 13.3. The number of aryl methyl sites for hydroxylation is 2. The van der Waals surface area contributed by atoms with Crippen molar-refractivity contribution < 1.29 is 25.3 Å². The Hall–Kier alpha value is -3.38. The highest BCUT2D eigenvalue weighted by Gasteiger charge is 2.24. The van der Waals surface area contributed by atoms with Gasteiger partial charge in [0.25, 0.3) is 20.0 Å². The van der Waals surface area contributed by atoms with Crippen LogP contribution < -0.4 is 9.44 Å². The molecule has 0 bridgehead atoms. The average molecular weight is 605 g/mol. The summed E-state index contributed by atoms with van der Waals surface area (Å²) in [6, 6.07) is 22.1. The molecule has 0 aromatic heterocycles. The van der Waals surface area contributed by atoms with Crippen LogP contribution in [-0.4, -0.2) is 25.3 Å². The highest BCUT2D eigenvalue weighted by atomic mass is 35.5. The fraction of sp³-hybridized carbons (Fsp3) is 0.111. The zero-order valence-corrected chi connectivity index (χ0v) is 24.1. The Morgan fingerprint density at radius 2 is 1.05 bits per heavy atom. The Morgan fingerprint density at radius 3 is 1.56 bits per heavy atom. The smallest absolute Gasteiger partial charge is 0.261 e. The van der Waals surface area contributed by atoms with Gasteiger partial charge >= 0.3 is 0 Å². The summed E-state index contributed by atoms with van der Waals surface area (Å²) in [7, 11) is -12.3. The maximum Gasteiger partial charge on any atom is 0.261 e. The summed E-state index contributed by atoms with van der Waals surface area (Å²) >= 11 is 6.15. The van der Waals surface area contributed by atoms with Crippen LogP contribution in [0.15, 0.2) is 106 Å². The molecule has 0 spiro atoms. The van der Waals surface area contributed by atoms with Gasteiger partial charge in [0.2, 0.25) is 0 Å². The Labute approximate surface area is 233 Å². The molecular formula is C27H25ClN2O6S3. The second-order valence-electron chi connectivity index (χ2n) is 8.89. The van der Waals surface area contributed by atoms with Gasteiger partial charge in [-0.3, -0.25) is 9.44 Å². The third kappa shape index (κ3) is 6.80. The molecule has 0 amide bonds. The maximum atomic E-state index is 13.3. The van der Waals surface area contributed by atoms with Crippen molar-refractivity contribution in [2.75, 3.05) is 9.44 Å². The van der Waals surface area contributed by atoms with E-state index in [2.05, 4.69) is 9.44 Å². The highest BCUT2D eigenvalue weighted by Crippen LogP contribution is 2.32. The number of sulfonamides is 2. The molecule has 8 nitrogen and oxygen atoms in total. The summed E-state index contributed by atoms with van der Waals surface area (Å²) in [5.74, 6) is -0.439. The van der Waals surface area contributed by atoms with Crippen molar-refractivity contribution in [2.24, 2.45) is 0 Å². The largest absolute Gasteiger partial charge is 0.277 e. The van der Waals surface area contributed by atoms with Crippen molar-refractivity contribution in [3.8, 4) is 0 Å². The fourth-order valence-corrected chi connectivity index (χ4v) is 7.47. The van der Waals surface area contributed by atoms with Crippen molar-refractivity contribution in [1.29, 1.82) is 0 Å². The lowest BCUT2D eigenvalue weighted by Gasteiger charge is -2.17. The van der Waals surface area contributed by atoms with Crippen molar-refractivity contribution in [1.82, 2.24) is 0 Å². The summed E-state index contributed by atoms with van der Waals surface area (Å²) in [6.45, 7) is 3.61. The zero-order chi connectivity index (χ0) is 28.4. The minimum Gasteiger partial charge on any atom is -0.277 e. The van der Waals surface area contributed by atoms with E-state index in [1.54, 1.807) is 55.5 Å². The molecule has 12 heteroatoms. The van der Waals surface area contributed by atoms with E-state index in [1.807, 2.05) is 6.92 Å². The van der Waals surface area contributed by atoms with Crippen LogP contribution in [0.1, 0.15) is 16.7 Å². The molecule has 4 aromatic rings. The van der Waals surface area contributed by atoms with Gasteiger partial charge in [0.1, 0.15) is 0 Å². The second-order valence-corrected chi connectivity index (χ2v) is 14.7. The predicted molar refractivity (Wildman–Crippen MR) is 153 cm³/mol. The molecule has 0 unspecified atom stereocenters. The van der Waals surface area contributed by atoms with Crippen LogP contribution in [0.3, 0.4) is 0 Å². The van der Waals surface area contributed by atoms with Crippen molar-refractivity contribution in [2.45, 2.75) is 34.3 Å². The van der Waals surface area contributed by atoms with Gasteiger partial charge in [-0.25, -0.2) is 25.3 Å². The van der Waals surface area contributed by atoms with Crippen LogP contribution in [0.4, 0.5) is 11.4 Å². The van der Waals surface area contributed by atoms with Crippen LogP contribution in [-0.2, 0) is 35.6 Å². The normalized spacial score (nSPS) is 12.2. The number of benzene rings is 4. The molecule has 204 valence electrons. The molecule has 39 heavy (non-hydrogen) atoms. The minimum absolute atomic E-state index is 0.0455. The second kappa shape index (κ2) is 11.0. The van der Waals surface area contributed by atoms with Gasteiger partial charge in [-0.05, 0) is 67.9 Å². The number of hydrogen-bond donors (Lipinski definition) is 2. The summed E-state index contributed by atoms with van der Waals surface area (Å²) in [4.78, 5) is -0.345. The van der Waals surface area contributed by atoms with Crippen LogP contribution in [0.2, 0.25) is 5.02 Å². The third-order valence-corrected chi connectivity index (χ3v) is 10.6. The molecule has 0 fully saturated rings. The summed E-state index contributed by atoms with van der Waals surface area (Å²) in [5, 5.41) is 0.267. The summed E-state index contributed by atoms with van der Waals surface area (Å²) < 4.78 is 83.7. The first-order chi connectivity index (χ1) is 18.3. The average Bonchev–Trinajstić information content (AvgIpc) is 2.86. The van der Waals surface area contributed by atoms with E-state index in [9.17, 15) is 25.3 Å². The first kappa shape index (κ1) is 28.6. The number of rotatable bonds is 9. The Balaban J connectivity index is 1.78. The van der Waals surface area contributed by atoms with Crippen molar-refractivity contribution in [3.63, 3.8) is 0 Å². The highest BCUT2D eigenvalue weighted by molar-refractivity contribution is 7.93. The van der Waals surface area contributed by atoms with Gasteiger partial charge in [0.05, 0.1) is 31.8 Å². The minimum atomic E-state index is -4.21. The van der Waals surface area contributed by atoms with E-state index in [0.717, 1.165) is 17.2 Å². The van der Waals surface area contributed by atoms with E-state index in [1.165, 1.54) is 36.4 Å². The lowest BCUT2D eigenvalue weighted by atomic mass is 10.2. The van der Waals surface area contributed by atoms with Gasteiger partial charge in [-0.1, -0.05) is 65.2 Å². The summed E-state index contributed by atoms with van der Waals surface area (Å²) in [6.07, 6.45) is 0. The molecule has 0 atom stereocenters. The first-order valence-corrected chi connectivity index (χ1v) is 16.6. The van der Waals surface area contributed by atoms with Gasteiger partial charge in [-0.15, -0.1) is 0 Å². The quantitative estimate of drug-likeness (QED) is 0.259. The number of anilines is 2. The van der Waals surface area contributed by atoms with E-state index in [0.29, 0.717) is 5.56 Å². The van der Waals surface area contributed by atoms with Crippen LogP contribution in [0.25, 0.3) is 0 Å². The molecule has 4 rings (SSSR count). The van der Waals surface area contributed by atoms with E-state index < -0.39 is 35.6 Å². The van der Waals surface area contributed by atoms with Crippen LogP contribution >= 0.6 is 11.6 Å².